The van der Waals surface area contributed by atoms with Crippen LogP contribution >= 0.6 is 11.3 Å². The highest BCUT2D eigenvalue weighted by molar-refractivity contribution is 7.16. The number of nitrogens with zero attached hydrogens (tertiary/aromatic N) is 3. The second-order valence-corrected chi connectivity index (χ2v) is 8.04. The number of fused-ring (bicyclic) bond motifs is 1. The quantitative estimate of drug-likeness (QED) is 0.562. The summed E-state index contributed by atoms with van der Waals surface area (Å²) in [5, 5.41) is 0.767. The molecule has 0 saturated carbocycles. The lowest BCUT2D eigenvalue weighted by atomic mass is 10.0. The van der Waals surface area contributed by atoms with Gasteiger partial charge in [-0.3, -0.25) is 14.7 Å². The van der Waals surface area contributed by atoms with Gasteiger partial charge in [0.2, 0.25) is 0 Å². The second kappa shape index (κ2) is 8.07. The van der Waals surface area contributed by atoms with Crippen LogP contribution in [0.2, 0.25) is 0 Å². The highest BCUT2D eigenvalue weighted by Gasteiger charge is 2.24. The molecule has 4 nitrogen and oxygen atoms in total. The van der Waals surface area contributed by atoms with Crippen molar-refractivity contribution in [3.8, 4) is 11.3 Å². The normalized spacial score (nSPS) is 13.0. The number of anilines is 1. The van der Waals surface area contributed by atoms with Crippen LogP contribution in [-0.2, 0) is 12.8 Å². The van der Waals surface area contributed by atoms with E-state index in [-0.39, 0.29) is 5.91 Å². The molecule has 28 heavy (non-hydrogen) atoms. The van der Waals surface area contributed by atoms with Gasteiger partial charge in [-0.1, -0.05) is 36.4 Å². The largest absolute Gasteiger partial charge is 0.280 e. The first-order valence-electron chi connectivity index (χ1n) is 9.62. The molecule has 1 amide bonds. The molecule has 142 valence electrons. The summed E-state index contributed by atoms with van der Waals surface area (Å²) in [5.41, 5.74) is 4.40. The average Bonchev–Trinajstić information content (AvgIpc) is 3.16. The first kappa shape index (κ1) is 18.6. The minimum atomic E-state index is -0.0735. The average molecular weight is 390 g/mol. The molecule has 5 heteroatoms. The molecule has 1 aromatic carbocycles. The predicted octanol–water partition coefficient (Wildman–Crippen LogP) is 5.23. The van der Waals surface area contributed by atoms with Crippen LogP contribution < -0.4 is 4.90 Å². The van der Waals surface area contributed by atoms with Crippen LogP contribution in [0.5, 0.6) is 0 Å². The van der Waals surface area contributed by atoms with Crippen molar-refractivity contribution in [1.29, 1.82) is 0 Å². The highest BCUT2D eigenvalue weighted by atomic mass is 32.1. The summed E-state index contributed by atoms with van der Waals surface area (Å²) < 4.78 is 0. The first-order chi connectivity index (χ1) is 13.7. The van der Waals surface area contributed by atoms with E-state index in [0.29, 0.717) is 12.1 Å². The molecule has 0 atom stereocenters. The van der Waals surface area contributed by atoms with Gasteiger partial charge in [0.25, 0.3) is 5.91 Å². The number of amides is 1. The van der Waals surface area contributed by atoms with E-state index in [2.05, 4.69) is 11.6 Å². The fourth-order valence-corrected chi connectivity index (χ4v) is 4.69. The van der Waals surface area contributed by atoms with Crippen LogP contribution in [0, 0.1) is 6.92 Å². The zero-order chi connectivity index (χ0) is 19.5. The number of carbonyl (C=O) groups is 1. The highest BCUT2D eigenvalue weighted by Crippen LogP contribution is 2.32. The molecule has 0 spiro atoms. The maximum absolute atomic E-state index is 13.3. The molecule has 3 aromatic rings. The summed E-state index contributed by atoms with van der Waals surface area (Å²) >= 11 is 1.64. The van der Waals surface area contributed by atoms with Gasteiger partial charge in [0.1, 0.15) is 0 Å². The van der Waals surface area contributed by atoms with Gasteiger partial charge in [-0.25, -0.2) is 4.98 Å². The smallest absolute Gasteiger partial charge is 0.262 e. The number of hydrogen-bond donors (Lipinski definition) is 0. The number of hydrogen-bond acceptors (Lipinski definition) is 4. The lowest BCUT2D eigenvalue weighted by Crippen LogP contribution is -2.31. The lowest BCUT2D eigenvalue weighted by Gasteiger charge is -2.19. The van der Waals surface area contributed by atoms with Crippen LogP contribution in [0.25, 0.3) is 11.3 Å². The Hall–Kier alpha value is -2.79. The number of carbonyl (C=O) groups excluding carboxylic acids is 1. The van der Waals surface area contributed by atoms with Gasteiger partial charge in [0, 0.05) is 17.0 Å². The molecule has 0 saturated heterocycles. The molecule has 0 radical (unpaired) electrons. The lowest BCUT2D eigenvalue weighted by molar-refractivity contribution is 0.0988. The van der Waals surface area contributed by atoms with E-state index in [1.807, 2.05) is 49.4 Å². The first-order valence-corrected chi connectivity index (χ1v) is 10.4. The molecular weight excluding hydrogens is 366 g/mol. The maximum atomic E-state index is 13.3. The van der Waals surface area contributed by atoms with Crippen molar-refractivity contribution >= 4 is 22.4 Å². The van der Waals surface area contributed by atoms with Crippen LogP contribution in [0.4, 0.5) is 5.13 Å². The van der Waals surface area contributed by atoms with E-state index in [4.69, 9.17) is 4.98 Å². The molecule has 2 aromatic heterocycles. The zero-order valence-electron chi connectivity index (χ0n) is 16.0. The van der Waals surface area contributed by atoms with Crippen molar-refractivity contribution in [3.05, 3.63) is 76.9 Å². The Balaban J connectivity index is 1.66. The van der Waals surface area contributed by atoms with E-state index in [1.54, 1.807) is 22.3 Å². The second-order valence-electron chi connectivity index (χ2n) is 6.97. The number of aryl methyl sites for hydroxylation is 3. The molecule has 0 N–H and O–H groups in total. The minimum Gasteiger partial charge on any atom is -0.280 e. The van der Waals surface area contributed by atoms with E-state index in [1.165, 1.54) is 17.7 Å². The molecule has 2 heterocycles. The third-order valence-corrected chi connectivity index (χ3v) is 6.19. The molecule has 4 rings (SSSR count). The number of benzene rings is 1. The number of aromatic nitrogens is 2. The minimum absolute atomic E-state index is 0.0735. The standard InChI is InChI=1S/C23H23N3OS/c1-3-15-26(23-25-20-11-7-8-12-21(20)28-23)22(27)18-13-14-19(24-16(18)2)17-9-5-4-6-10-17/h3-6,9-10,13-14H,1,7-8,11-12,15H2,2H3. The Morgan fingerprint density at radius 3 is 2.64 bits per heavy atom. The van der Waals surface area contributed by atoms with Gasteiger partial charge in [0.05, 0.1) is 22.6 Å². The number of pyridine rings is 1. The summed E-state index contributed by atoms with van der Waals surface area (Å²) in [6, 6.07) is 13.8. The van der Waals surface area contributed by atoms with Crippen molar-refractivity contribution < 1.29 is 4.79 Å². The topological polar surface area (TPSA) is 46.1 Å². The SMILES string of the molecule is C=CCN(C(=O)c1ccc(-c2ccccc2)nc1C)c1nc2c(s1)CCCC2. The van der Waals surface area contributed by atoms with Crippen molar-refractivity contribution in [2.75, 3.05) is 11.4 Å². The van der Waals surface area contributed by atoms with Crippen LogP contribution in [-0.4, -0.2) is 22.4 Å². The van der Waals surface area contributed by atoms with E-state index in [0.717, 1.165) is 40.6 Å². The van der Waals surface area contributed by atoms with Gasteiger partial charge >= 0.3 is 0 Å². The summed E-state index contributed by atoms with van der Waals surface area (Å²) in [5.74, 6) is -0.0735. The monoisotopic (exact) mass is 389 g/mol. The molecule has 0 bridgehead atoms. The fraction of sp³-hybridized carbons (Fsp3) is 0.261. The molecule has 0 unspecified atom stereocenters. The van der Waals surface area contributed by atoms with Crippen molar-refractivity contribution in [1.82, 2.24) is 9.97 Å². The zero-order valence-corrected chi connectivity index (χ0v) is 16.8. The number of thiazole rings is 1. The summed E-state index contributed by atoms with van der Waals surface area (Å²) in [7, 11) is 0. The molecule has 1 aliphatic rings. The molecule has 1 aliphatic carbocycles. The van der Waals surface area contributed by atoms with Gasteiger partial charge < -0.3 is 0 Å². The van der Waals surface area contributed by atoms with E-state index in [9.17, 15) is 4.79 Å². The number of rotatable bonds is 5. The van der Waals surface area contributed by atoms with Crippen molar-refractivity contribution in [2.45, 2.75) is 32.6 Å². The van der Waals surface area contributed by atoms with Gasteiger partial charge in [-0.15, -0.1) is 17.9 Å². The van der Waals surface area contributed by atoms with Crippen LogP contribution in [0.3, 0.4) is 0 Å². The molecule has 0 aliphatic heterocycles. The Labute approximate surface area is 169 Å². The van der Waals surface area contributed by atoms with E-state index >= 15 is 0 Å². The van der Waals surface area contributed by atoms with Crippen molar-refractivity contribution in [2.24, 2.45) is 0 Å². The Bertz CT molecular complexity index is 986. The Morgan fingerprint density at radius 2 is 1.93 bits per heavy atom. The Morgan fingerprint density at radius 1 is 1.14 bits per heavy atom. The third-order valence-electron chi connectivity index (χ3n) is 5.01. The third kappa shape index (κ3) is 3.62. The fourth-order valence-electron chi connectivity index (χ4n) is 3.53. The Kier molecular flexibility index (Phi) is 5.35. The van der Waals surface area contributed by atoms with Gasteiger partial charge in [-0.05, 0) is 44.7 Å². The summed E-state index contributed by atoms with van der Waals surface area (Å²) in [6.45, 7) is 6.15. The summed E-state index contributed by atoms with van der Waals surface area (Å²) in [6.07, 6.45) is 6.20. The van der Waals surface area contributed by atoms with Crippen molar-refractivity contribution in [3.63, 3.8) is 0 Å². The molecule has 0 fully saturated rings. The summed E-state index contributed by atoms with van der Waals surface area (Å²) in [4.78, 5) is 25.8. The van der Waals surface area contributed by atoms with Crippen LogP contribution in [0.1, 0.15) is 39.5 Å². The molecular formula is C23H23N3OS. The maximum Gasteiger partial charge on any atom is 0.262 e. The van der Waals surface area contributed by atoms with Gasteiger partial charge in [-0.2, -0.15) is 0 Å². The predicted molar refractivity (Wildman–Crippen MR) is 115 cm³/mol. The van der Waals surface area contributed by atoms with E-state index < -0.39 is 0 Å². The van der Waals surface area contributed by atoms with Crippen LogP contribution in [0.15, 0.2) is 55.1 Å². The van der Waals surface area contributed by atoms with Gasteiger partial charge in [0.15, 0.2) is 5.13 Å².